The van der Waals surface area contributed by atoms with Crippen LogP contribution in [0.4, 0.5) is 0 Å². The Balaban J connectivity index is 1.28. The normalized spacial score (nSPS) is 21.3. The second kappa shape index (κ2) is 18.7. The monoisotopic (exact) mass is 876 g/mol. The first kappa shape index (κ1) is 46.2. The van der Waals surface area contributed by atoms with Crippen molar-refractivity contribution in [1.29, 1.82) is 0 Å². The molecule has 64 heavy (non-hydrogen) atoms. The predicted octanol–water partition coefficient (Wildman–Crippen LogP) is 5.12. The van der Waals surface area contributed by atoms with E-state index < -0.39 is 47.2 Å². The summed E-state index contributed by atoms with van der Waals surface area (Å²) in [7, 11) is 7.29. The lowest BCUT2D eigenvalue weighted by Crippen LogP contribution is -2.62. The van der Waals surface area contributed by atoms with Crippen LogP contribution >= 0.6 is 0 Å². The van der Waals surface area contributed by atoms with Crippen molar-refractivity contribution in [2.75, 3.05) is 40.4 Å². The number of nitrogens with one attached hydrogen (secondary N) is 2. The highest BCUT2D eigenvalue weighted by molar-refractivity contribution is 5.96. The number of aromatic nitrogens is 3. The van der Waals surface area contributed by atoms with Crippen LogP contribution in [0.3, 0.4) is 0 Å². The van der Waals surface area contributed by atoms with Gasteiger partial charge in [0.25, 0.3) is 5.91 Å². The Hall–Kier alpha value is -5.80. The molecule has 4 amide bonds. The molecule has 5 heterocycles. The lowest BCUT2D eigenvalue weighted by atomic mass is 9.84. The van der Waals surface area contributed by atoms with Gasteiger partial charge in [0.05, 0.1) is 36.2 Å². The number of fused-ring (bicyclic) bond motifs is 6. The van der Waals surface area contributed by atoms with E-state index in [1.54, 1.807) is 19.1 Å². The number of carbonyl (C=O) groups excluding carboxylic acids is 5. The van der Waals surface area contributed by atoms with Crippen molar-refractivity contribution >= 4 is 40.5 Å². The molecule has 2 aromatic heterocycles. The van der Waals surface area contributed by atoms with Crippen LogP contribution in [0.15, 0.2) is 61.3 Å². The van der Waals surface area contributed by atoms with Crippen LogP contribution in [0.5, 0.6) is 0 Å². The summed E-state index contributed by atoms with van der Waals surface area (Å²) in [6.07, 6.45) is 5.14. The molecular weight excluding hydrogens is 813 g/mol. The Kier molecular flexibility index (Phi) is 13.5. The molecule has 0 saturated carbocycles. The van der Waals surface area contributed by atoms with Gasteiger partial charge in [-0.1, -0.05) is 64.6 Å². The minimum absolute atomic E-state index is 0.134. The molecule has 15 heteroatoms. The number of benzene rings is 2. The average Bonchev–Trinajstić information content (AvgIpc) is 3.99. The Labute approximate surface area is 376 Å². The quantitative estimate of drug-likeness (QED) is 0.172. The number of hydrogen-bond donors (Lipinski definition) is 2. The number of amides is 4. The smallest absolute Gasteiger partial charge is 0.324 e. The van der Waals surface area contributed by atoms with Gasteiger partial charge < -0.3 is 29.2 Å². The third kappa shape index (κ3) is 9.23. The van der Waals surface area contributed by atoms with E-state index >= 15 is 0 Å². The van der Waals surface area contributed by atoms with E-state index in [1.165, 1.54) is 16.0 Å². The van der Waals surface area contributed by atoms with Crippen LogP contribution in [0.2, 0.25) is 0 Å². The van der Waals surface area contributed by atoms with Crippen LogP contribution in [0.25, 0.3) is 33.3 Å². The molecule has 0 aliphatic carbocycles. The number of carbonyl (C=O) groups is 5. The number of rotatable bonds is 9. The first-order valence-electron chi connectivity index (χ1n) is 22.4. The molecule has 2 N–H and O–H groups in total. The molecule has 5 atom stereocenters. The average molecular weight is 877 g/mol. The molecule has 7 rings (SSSR count). The summed E-state index contributed by atoms with van der Waals surface area (Å²) in [5.74, 6) is -2.56. The summed E-state index contributed by atoms with van der Waals surface area (Å²) in [6.45, 7) is 14.6. The van der Waals surface area contributed by atoms with Crippen molar-refractivity contribution < 1.29 is 33.4 Å². The summed E-state index contributed by atoms with van der Waals surface area (Å²) in [4.78, 5) is 72.2. The molecule has 3 aliphatic rings. The highest BCUT2D eigenvalue weighted by Gasteiger charge is 2.40. The number of hydrogen-bond acceptors (Lipinski definition) is 9. The van der Waals surface area contributed by atoms with Gasteiger partial charge in [-0.3, -0.25) is 33.7 Å². The number of hydrazine groups is 1. The molecule has 0 spiro atoms. The molecule has 0 radical (unpaired) electrons. The number of nitrogens with zero attached hydrogens (tertiary/aromatic N) is 6. The molecule has 4 aromatic rings. The van der Waals surface area contributed by atoms with Crippen LogP contribution in [0, 0.1) is 17.3 Å². The zero-order valence-electron chi connectivity index (χ0n) is 38.8. The molecule has 2 fully saturated rings. The van der Waals surface area contributed by atoms with Gasteiger partial charge >= 0.3 is 5.97 Å². The van der Waals surface area contributed by atoms with Crippen molar-refractivity contribution in [2.24, 2.45) is 31.3 Å². The number of ether oxygens (including phenoxy) is 2. The van der Waals surface area contributed by atoms with Gasteiger partial charge in [0.15, 0.2) is 0 Å². The second-order valence-corrected chi connectivity index (χ2v) is 18.9. The van der Waals surface area contributed by atoms with Crippen molar-refractivity contribution in [3.8, 4) is 22.4 Å². The number of likely N-dealkylation sites (tertiary alicyclic amines) is 1. The summed E-state index contributed by atoms with van der Waals surface area (Å²) in [6, 6.07) is 11.7. The van der Waals surface area contributed by atoms with Crippen molar-refractivity contribution in [2.45, 2.75) is 91.0 Å². The number of methoxy groups -OCH3 is 1. The highest BCUT2D eigenvalue weighted by atomic mass is 16.5. The van der Waals surface area contributed by atoms with E-state index in [4.69, 9.17) is 9.47 Å². The fourth-order valence-corrected chi connectivity index (χ4v) is 9.86. The minimum atomic E-state index is -1.05. The van der Waals surface area contributed by atoms with E-state index in [-0.39, 0.29) is 43.4 Å². The lowest BCUT2D eigenvalue weighted by molar-refractivity contribution is -0.155. The Morgan fingerprint density at radius 2 is 1.81 bits per heavy atom. The van der Waals surface area contributed by atoms with E-state index in [9.17, 15) is 24.0 Å². The van der Waals surface area contributed by atoms with Crippen molar-refractivity contribution in [3.05, 3.63) is 78.1 Å². The van der Waals surface area contributed by atoms with Gasteiger partial charge in [-0.2, -0.15) is 5.10 Å². The lowest BCUT2D eigenvalue weighted by Gasteiger charge is -2.37. The van der Waals surface area contributed by atoms with Crippen LogP contribution in [-0.4, -0.2) is 117 Å². The number of aryl methyl sites for hydroxylation is 2. The fourth-order valence-electron chi connectivity index (χ4n) is 9.86. The van der Waals surface area contributed by atoms with Crippen LogP contribution in [0.1, 0.15) is 76.8 Å². The Bertz CT molecular complexity index is 2450. The number of cyclic esters (lactones) is 1. The number of esters is 1. The SMILES string of the molecule is C=CC(=O)N1CC[C@H](C(=O)N(C)[C@H](C(=O)N[C@H]2Cc3cccc(c3)-c3ccc4c(c3)c(c(-c3cnn(C)c3[C@H](C)OC)n4C)CC(C)(C)COC(=O)[C@@H]3CCCN(N3)C2=O)C(C)C)C1. The van der Waals surface area contributed by atoms with Crippen LogP contribution < -0.4 is 10.7 Å². The minimum Gasteiger partial charge on any atom is -0.464 e. The van der Waals surface area contributed by atoms with E-state index in [0.717, 1.165) is 50.1 Å². The standard InChI is InChI=1S/C49H64N8O7/c1-11-41(58)56-21-19-34(27-56)46(60)54(8)42(29(2)3)45(59)51-39-23-31-14-12-15-32(22-31)33-17-18-40-35(24-33)36(44(53(40)7)37-26-50-55(9)43(37)30(4)63-10)25-49(5,6)28-64-48(62)38-16-13-20-57(52-38)47(39)61/h11-12,14-15,17-18,22,24,26,29-30,34,38-39,42,52H,1,13,16,19-21,23,25,27-28H2,2-10H3,(H,51,59)/t30-,34-,38-,39-,42-/m0/s1. The molecule has 2 saturated heterocycles. The summed E-state index contributed by atoms with van der Waals surface area (Å²) >= 11 is 0. The van der Waals surface area contributed by atoms with E-state index in [1.807, 2.05) is 56.9 Å². The Morgan fingerprint density at radius 1 is 1.06 bits per heavy atom. The predicted molar refractivity (Wildman–Crippen MR) is 244 cm³/mol. The molecule has 3 aliphatic heterocycles. The largest absolute Gasteiger partial charge is 0.464 e. The maximum absolute atomic E-state index is 14.7. The van der Waals surface area contributed by atoms with Gasteiger partial charge in [0.1, 0.15) is 18.1 Å². The molecule has 0 unspecified atom stereocenters. The maximum atomic E-state index is 14.7. The zero-order chi connectivity index (χ0) is 46.2. The summed E-state index contributed by atoms with van der Waals surface area (Å²) < 4.78 is 16.0. The molecule has 6 bridgehead atoms. The Morgan fingerprint density at radius 3 is 2.53 bits per heavy atom. The topological polar surface area (TPSA) is 160 Å². The maximum Gasteiger partial charge on any atom is 0.324 e. The van der Waals surface area contributed by atoms with Gasteiger partial charge in [-0.25, -0.2) is 5.43 Å². The van der Waals surface area contributed by atoms with Gasteiger partial charge in [0, 0.05) is 76.2 Å². The molecule has 15 nitrogen and oxygen atoms in total. The zero-order valence-corrected chi connectivity index (χ0v) is 38.8. The summed E-state index contributed by atoms with van der Waals surface area (Å²) in [5.41, 5.74) is 10.5. The summed E-state index contributed by atoms with van der Waals surface area (Å²) in [5, 5.41) is 10.2. The first-order valence-corrected chi connectivity index (χ1v) is 22.4. The fraction of sp³-hybridized carbons (Fsp3) is 0.510. The second-order valence-electron chi connectivity index (χ2n) is 18.9. The number of likely N-dealkylation sites (N-methyl/N-ethyl adjacent to an activating group) is 1. The van der Waals surface area contributed by atoms with Crippen molar-refractivity contribution in [3.63, 3.8) is 0 Å². The first-order chi connectivity index (χ1) is 30.4. The molecular formula is C49H64N8O7. The molecule has 342 valence electrons. The van der Waals surface area contributed by atoms with E-state index in [0.29, 0.717) is 38.8 Å². The van der Waals surface area contributed by atoms with Crippen molar-refractivity contribution in [1.82, 2.24) is 39.9 Å². The third-order valence-corrected chi connectivity index (χ3v) is 13.3. The third-order valence-electron chi connectivity index (χ3n) is 13.3. The van der Waals surface area contributed by atoms with E-state index in [2.05, 4.69) is 72.1 Å². The molecule has 2 aromatic carbocycles. The van der Waals surface area contributed by atoms with Gasteiger partial charge in [-0.15, -0.1) is 0 Å². The van der Waals surface area contributed by atoms with Gasteiger partial charge in [-0.05, 0) is 79.0 Å². The van der Waals surface area contributed by atoms with Crippen LogP contribution in [-0.2, 0) is 60.4 Å². The van der Waals surface area contributed by atoms with Gasteiger partial charge in [0.2, 0.25) is 17.7 Å². The highest BCUT2D eigenvalue weighted by Crippen LogP contribution is 2.42.